The molecule has 1 aliphatic heterocycles. The van der Waals surface area contributed by atoms with Gasteiger partial charge in [0.25, 0.3) is 5.91 Å². The standard InChI is InChI=1S/C9H6ClF2NO3/c10-4-1-6-7(16-3-15-6)2-5(4)13-9(14)8(11)12/h1-2,8H,3H2,(H,13,14). The fourth-order valence-corrected chi connectivity index (χ4v) is 1.40. The van der Waals surface area contributed by atoms with Crippen LogP contribution < -0.4 is 14.8 Å². The van der Waals surface area contributed by atoms with Crippen LogP contribution in [0, 0.1) is 0 Å². The molecule has 1 aromatic rings. The number of halogens is 3. The fourth-order valence-electron chi connectivity index (χ4n) is 1.20. The van der Waals surface area contributed by atoms with E-state index >= 15 is 0 Å². The Kier molecular flexibility index (Phi) is 2.82. The van der Waals surface area contributed by atoms with Gasteiger partial charge in [-0.1, -0.05) is 11.6 Å². The van der Waals surface area contributed by atoms with Gasteiger partial charge in [0.2, 0.25) is 6.79 Å². The molecule has 1 amide bonds. The third-order valence-electron chi connectivity index (χ3n) is 1.92. The van der Waals surface area contributed by atoms with Gasteiger partial charge >= 0.3 is 6.43 Å². The molecular formula is C9H6ClF2NO3. The van der Waals surface area contributed by atoms with E-state index in [9.17, 15) is 13.6 Å². The van der Waals surface area contributed by atoms with Gasteiger partial charge < -0.3 is 14.8 Å². The molecule has 0 radical (unpaired) electrons. The predicted molar refractivity (Wildman–Crippen MR) is 52.2 cm³/mol. The molecule has 1 aromatic carbocycles. The first-order valence-corrected chi connectivity index (χ1v) is 4.64. The highest BCUT2D eigenvalue weighted by Gasteiger charge is 2.20. The summed E-state index contributed by atoms with van der Waals surface area (Å²) in [7, 11) is 0. The van der Waals surface area contributed by atoms with E-state index in [1.54, 1.807) is 0 Å². The van der Waals surface area contributed by atoms with Gasteiger partial charge in [0.05, 0.1) is 10.7 Å². The minimum Gasteiger partial charge on any atom is -0.454 e. The number of carbonyl (C=O) groups is 1. The van der Waals surface area contributed by atoms with Crippen LogP contribution in [0.2, 0.25) is 5.02 Å². The van der Waals surface area contributed by atoms with Crippen LogP contribution in [0.3, 0.4) is 0 Å². The SMILES string of the molecule is O=C(Nc1cc2c(cc1Cl)OCO2)C(F)F. The molecule has 1 N–H and O–H groups in total. The Morgan fingerprint density at radius 1 is 1.38 bits per heavy atom. The Bertz CT molecular complexity index is 439. The number of ether oxygens (including phenoxy) is 2. The van der Waals surface area contributed by atoms with Crippen LogP contribution in [0.25, 0.3) is 0 Å². The number of hydrogen-bond donors (Lipinski definition) is 1. The maximum absolute atomic E-state index is 12.0. The van der Waals surface area contributed by atoms with Crippen molar-refractivity contribution in [2.75, 3.05) is 12.1 Å². The van der Waals surface area contributed by atoms with Crippen LogP contribution in [0.5, 0.6) is 11.5 Å². The number of carbonyl (C=O) groups excluding carboxylic acids is 1. The molecule has 0 spiro atoms. The Morgan fingerprint density at radius 3 is 2.62 bits per heavy atom. The van der Waals surface area contributed by atoms with E-state index in [-0.39, 0.29) is 17.5 Å². The van der Waals surface area contributed by atoms with Gasteiger partial charge in [-0.05, 0) is 0 Å². The summed E-state index contributed by atoms with van der Waals surface area (Å²) in [5, 5.41) is 2.09. The predicted octanol–water partition coefficient (Wildman–Crippen LogP) is 2.27. The first-order valence-electron chi connectivity index (χ1n) is 4.26. The molecule has 0 aromatic heterocycles. The molecular weight excluding hydrogens is 244 g/mol. The lowest BCUT2D eigenvalue weighted by atomic mass is 10.2. The number of nitrogens with one attached hydrogen (secondary N) is 1. The van der Waals surface area contributed by atoms with Crippen LogP contribution in [-0.2, 0) is 4.79 Å². The minimum absolute atomic E-state index is 0.0396. The second-order valence-electron chi connectivity index (χ2n) is 2.98. The van der Waals surface area contributed by atoms with Crippen LogP contribution in [0.1, 0.15) is 0 Å². The topological polar surface area (TPSA) is 47.6 Å². The van der Waals surface area contributed by atoms with Crippen LogP contribution in [0.4, 0.5) is 14.5 Å². The van der Waals surface area contributed by atoms with Gasteiger partial charge in [0, 0.05) is 12.1 Å². The van der Waals surface area contributed by atoms with E-state index in [0.29, 0.717) is 11.5 Å². The lowest BCUT2D eigenvalue weighted by Crippen LogP contribution is -2.20. The number of amides is 1. The molecule has 1 aliphatic rings. The second kappa shape index (κ2) is 4.13. The molecule has 0 bridgehead atoms. The van der Waals surface area contributed by atoms with Crippen molar-refractivity contribution in [1.82, 2.24) is 0 Å². The Balaban J connectivity index is 2.25. The van der Waals surface area contributed by atoms with Crippen molar-refractivity contribution in [3.63, 3.8) is 0 Å². The van der Waals surface area contributed by atoms with Crippen molar-refractivity contribution < 1.29 is 23.0 Å². The molecule has 16 heavy (non-hydrogen) atoms. The molecule has 4 nitrogen and oxygen atoms in total. The number of rotatable bonds is 2. The van der Waals surface area contributed by atoms with Gasteiger partial charge in [0.15, 0.2) is 11.5 Å². The fraction of sp³-hybridized carbons (Fsp3) is 0.222. The van der Waals surface area contributed by atoms with Gasteiger partial charge in [-0.25, -0.2) is 0 Å². The molecule has 2 rings (SSSR count). The van der Waals surface area contributed by atoms with Crippen molar-refractivity contribution >= 4 is 23.2 Å². The number of anilines is 1. The van der Waals surface area contributed by atoms with E-state index in [4.69, 9.17) is 21.1 Å². The van der Waals surface area contributed by atoms with Crippen LogP contribution >= 0.6 is 11.6 Å². The summed E-state index contributed by atoms with van der Waals surface area (Å²) >= 11 is 5.76. The molecule has 0 fully saturated rings. The summed E-state index contributed by atoms with van der Waals surface area (Å²) in [5.41, 5.74) is 0.0659. The lowest BCUT2D eigenvalue weighted by Gasteiger charge is -2.07. The highest BCUT2D eigenvalue weighted by molar-refractivity contribution is 6.34. The van der Waals surface area contributed by atoms with E-state index in [0.717, 1.165) is 0 Å². The van der Waals surface area contributed by atoms with Crippen LogP contribution in [0.15, 0.2) is 12.1 Å². The number of hydrogen-bond acceptors (Lipinski definition) is 3. The third kappa shape index (κ3) is 2.01. The first-order chi connectivity index (χ1) is 7.58. The lowest BCUT2D eigenvalue weighted by molar-refractivity contribution is -0.126. The zero-order valence-electron chi connectivity index (χ0n) is 7.80. The first kappa shape index (κ1) is 10.9. The van der Waals surface area contributed by atoms with E-state index in [2.05, 4.69) is 0 Å². The average Bonchev–Trinajstić information content (AvgIpc) is 2.65. The van der Waals surface area contributed by atoms with Crippen molar-refractivity contribution in [2.45, 2.75) is 6.43 Å². The van der Waals surface area contributed by atoms with E-state index < -0.39 is 12.3 Å². The van der Waals surface area contributed by atoms with Gasteiger partial charge in [-0.2, -0.15) is 8.78 Å². The molecule has 86 valence electrons. The number of fused-ring (bicyclic) bond motifs is 1. The average molecular weight is 250 g/mol. The van der Waals surface area contributed by atoms with Crippen LogP contribution in [-0.4, -0.2) is 19.1 Å². The zero-order chi connectivity index (χ0) is 11.7. The summed E-state index contributed by atoms with van der Waals surface area (Å²) in [4.78, 5) is 10.8. The second-order valence-corrected chi connectivity index (χ2v) is 3.38. The molecule has 0 saturated carbocycles. The van der Waals surface area contributed by atoms with Crippen molar-refractivity contribution in [1.29, 1.82) is 0 Å². The summed E-state index contributed by atoms with van der Waals surface area (Å²) in [6.45, 7) is 0.0396. The molecule has 7 heteroatoms. The summed E-state index contributed by atoms with van der Waals surface area (Å²) in [6.07, 6.45) is -3.10. The highest BCUT2D eigenvalue weighted by Crippen LogP contribution is 2.39. The quantitative estimate of drug-likeness (QED) is 0.875. The third-order valence-corrected chi connectivity index (χ3v) is 2.23. The summed E-state index contributed by atoms with van der Waals surface area (Å²) < 4.78 is 34.1. The smallest absolute Gasteiger partial charge is 0.315 e. The highest BCUT2D eigenvalue weighted by atomic mass is 35.5. The number of alkyl halides is 2. The molecule has 1 heterocycles. The summed E-state index contributed by atoms with van der Waals surface area (Å²) in [6, 6.07) is 2.73. The summed E-state index contributed by atoms with van der Waals surface area (Å²) in [5.74, 6) is -0.644. The van der Waals surface area contributed by atoms with Gasteiger partial charge in [-0.15, -0.1) is 0 Å². The van der Waals surface area contributed by atoms with Gasteiger partial charge in [0.1, 0.15) is 0 Å². The minimum atomic E-state index is -3.10. The van der Waals surface area contributed by atoms with Crippen molar-refractivity contribution in [2.24, 2.45) is 0 Å². The zero-order valence-corrected chi connectivity index (χ0v) is 8.55. The maximum Gasteiger partial charge on any atom is 0.315 e. The molecule has 0 unspecified atom stereocenters. The molecule has 0 saturated heterocycles. The number of benzene rings is 1. The van der Waals surface area contributed by atoms with Gasteiger partial charge in [-0.3, -0.25) is 4.79 Å². The monoisotopic (exact) mass is 249 g/mol. The normalized spacial score (nSPS) is 13.0. The van der Waals surface area contributed by atoms with Crippen molar-refractivity contribution in [3.8, 4) is 11.5 Å². The Hall–Kier alpha value is -1.56. The maximum atomic E-state index is 12.0. The van der Waals surface area contributed by atoms with E-state index in [1.807, 2.05) is 5.32 Å². The Morgan fingerprint density at radius 2 is 2.00 bits per heavy atom. The molecule has 0 atom stereocenters. The Labute approximate surface area is 94.1 Å². The van der Waals surface area contributed by atoms with Crippen molar-refractivity contribution in [3.05, 3.63) is 17.2 Å². The van der Waals surface area contributed by atoms with E-state index in [1.165, 1.54) is 12.1 Å². The molecule has 0 aliphatic carbocycles. The largest absolute Gasteiger partial charge is 0.454 e.